The Morgan fingerprint density at radius 2 is 2.27 bits per heavy atom. The maximum Gasteiger partial charge on any atom is 0.161 e. The van der Waals surface area contributed by atoms with Crippen molar-refractivity contribution in [3.63, 3.8) is 0 Å². The van der Waals surface area contributed by atoms with Crippen molar-refractivity contribution in [3.05, 3.63) is 18.2 Å². The van der Waals surface area contributed by atoms with E-state index in [4.69, 9.17) is 5.73 Å². The molecule has 2 heterocycles. The number of rotatable bonds is 3. The van der Waals surface area contributed by atoms with Crippen LogP contribution in [-0.4, -0.2) is 27.8 Å². The molecule has 0 amide bonds. The summed E-state index contributed by atoms with van der Waals surface area (Å²) in [4.78, 5) is 0. The SMILES string of the molecule is NCCC1(n2cc(F)cn2)CCSCC1. The average Bonchev–Trinajstić information content (AvgIpc) is 2.67. The Labute approximate surface area is 93.2 Å². The van der Waals surface area contributed by atoms with E-state index >= 15 is 0 Å². The summed E-state index contributed by atoms with van der Waals surface area (Å²) in [5, 5.41) is 4.11. The second kappa shape index (κ2) is 4.53. The topological polar surface area (TPSA) is 43.8 Å². The largest absolute Gasteiger partial charge is 0.330 e. The molecule has 0 radical (unpaired) electrons. The molecule has 1 aromatic heterocycles. The van der Waals surface area contributed by atoms with Gasteiger partial charge in [-0.15, -0.1) is 0 Å². The number of halogens is 1. The van der Waals surface area contributed by atoms with Gasteiger partial charge in [-0.2, -0.15) is 16.9 Å². The van der Waals surface area contributed by atoms with E-state index in [1.54, 1.807) is 4.68 Å². The first kappa shape index (κ1) is 11.0. The normalized spacial score (nSPS) is 20.4. The van der Waals surface area contributed by atoms with Crippen molar-refractivity contribution in [2.24, 2.45) is 5.73 Å². The predicted molar refractivity (Wildman–Crippen MR) is 60.4 cm³/mol. The van der Waals surface area contributed by atoms with Crippen LogP contribution in [0.2, 0.25) is 0 Å². The van der Waals surface area contributed by atoms with Crippen LogP contribution in [0.25, 0.3) is 0 Å². The zero-order valence-corrected chi connectivity index (χ0v) is 9.47. The number of thioether (sulfide) groups is 1. The first-order valence-corrected chi connectivity index (χ1v) is 6.41. The van der Waals surface area contributed by atoms with Crippen LogP contribution in [0.4, 0.5) is 4.39 Å². The minimum absolute atomic E-state index is 0.0374. The molecule has 0 spiro atoms. The van der Waals surface area contributed by atoms with Crippen molar-refractivity contribution in [1.82, 2.24) is 9.78 Å². The van der Waals surface area contributed by atoms with E-state index < -0.39 is 0 Å². The number of hydrogen-bond acceptors (Lipinski definition) is 3. The molecule has 1 aliphatic heterocycles. The molecular weight excluding hydrogens is 213 g/mol. The van der Waals surface area contributed by atoms with E-state index in [9.17, 15) is 4.39 Å². The van der Waals surface area contributed by atoms with Gasteiger partial charge in [0.1, 0.15) is 0 Å². The van der Waals surface area contributed by atoms with Gasteiger partial charge in [-0.3, -0.25) is 4.68 Å². The van der Waals surface area contributed by atoms with Crippen LogP contribution >= 0.6 is 11.8 Å². The minimum atomic E-state index is -0.260. The monoisotopic (exact) mass is 229 g/mol. The van der Waals surface area contributed by atoms with Crippen molar-refractivity contribution in [2.45, 2.75) is 24.8 Å². The molecule has 2 rings (SSSR count). The summed E-state index contributed by atoms with van der Waals surface area (Å²) in [5.74, 6) is 1.97. The number of hydrogen-bond donors (Lipinski definition) is 1. The van der Waals surface area contributed by atoms with Crippen molar-refractivity contribution in [2.75, 3.05) is 18.1 Å². The lowest BCUT2D eigenvalue weighted by molar-refractivity contribution is 0.217. The fraction of sp³-hybridized carbons (Fsp3) is 0.700. The van der Waals surface area contributed by atoms with E-state index in [2.05, 4.69) is 5.10 Å². The fourth-order valence-corrected chi connectivity index (χ4v) is 3.43. The molecule has 5 heteroatoms. The Hall–Kier alpha value is -0.550. The molecule has 0 saturated carbocycles. The van der Waals surface area contributed by atoms with Gasteiger partial charge in [-0.1, -0.05) is 0 Å². The van der Waals surface area contributed by atoms with Gasteiger partial charge in [0.15, 0.2) is 5.82 Å². The lowest BCUT2D eigenvalue weighted by Crippen LogP contribution is -2.39. The summed E-state index contributed by atoms with van der Waals surface area (Å²) >= 11 is 1.95. The molecule has 3 nitrogen and oxygen atoms in total. The zero-order valence-electron chi connectivity index (χ0n) is 8.66. The van der Waals surface area contributed by atoms with Gasteiger partial charge in [-0.05, 0) is 37.3 Å². The first-order valence-electron chi connectivity index (χ1n) is 5.25. The smallest absolute Gasteiger partial charge is 0.161 e. The molecule has 0 unspecified atom stereocenters. The van der Waals surface area contributed by atoms with Gasteiger partial charge in [0.05, 0.1) is 17.9 Å². The van der Waals surface area contributed by atoms with Gasteiger partial charge < -0.3 is 5.73 Å². The van der Waals surface area contributed by atoms with Crippen LogP contribution in [0.3, 0.4) is 0 Å². The van der Waals surface area contributed by atoms with Crippen molar-refractivity contribution >= 4 is 11.8 Å². The van der Waals surface area contributed by atoms with Crippen molar-refractivity contribution in [1.29, 1.82) is 0 Å². The van der Waals surface area contributed by atoms with Gasteiger partial charge in [0, 0.05) is 0 Å². The molecule has 1 fully saturated rings. The molecule has 1 saturated heterocycles. The number of nitrogens with two attached hydrogens (primary N) is 1. The lowest BCUT2D eigenvalue weighted by atomic mass is 9.89. The number of nitrogens with zero attached hydrogens (tertiary/aromatic N) is 2. The maximum atomic E-state index is 13.0. The highest BCUT2D eigenvalue weighted by Crippen LogP contribution is 2.35. The Balaban J connectivity index is 2.24. The van der Waals surface area contributed by atoms with Crippen LogP contribution in [0.1, 0.15) is 19.3 Å². The average molecular weight is 229 g/mol. The van der Waals surface area contributed by atoms with Crippen LogP contribution < -0.4 is 5.73 Å². The third-order valence-corrected chi connectivity index (χ3v) is 4.06. The van der Waals surface area contributed by atoms with Gasteiger partial charge >= 0.3 is 0 Å². The number of aromatic nitrogens is 2. The van der Waals surface area contributed by atoms with E-state index in [1.807, 2.05) is 11.8 Å². The third-order valence-electron chi connectivity index (χ3n) is 3.07. The molecule has 1 aromatic rings. The Morgan fingerprint density at radius 3 is 2.80 bits per heavy atom. The van der Waals surface area contributed by atoms with E-state index in [0.717, 1.165) is 30.8 Å². The predicted octanol–water partition coefficient (Wildman–Crippen LogP) is 1.59. The van der Waals surface area contributed by atoms with Gasteiger partial charge in [-0.25, -0.2) is 4.39 Å². The Kier molecular flexibility index (Phi) is 3.31. The van der Waals surface area contributed by atoms with E-state index in [-0.39, 0.29) is 11.4 Å². The summed E-state index contributed by atoms with van der Waals surface area (Å²) in [6.07, 6.45) is 5.73. The second-order valence-corrected chi connectivity index (χ2v) is 5.20. The molecule has 2 N–H and O–H groups in total. The highest BCUT2D eigenvalue weighted by Gasteiger charge is 2.34. The molecule has 0 aliphatic carbocycles. The Bertz CT molecular complexity index is 315. The molecule has 0 atom stereocenters. The standard InChI is InChI=1S/C10H16FN3S/c11-9-7-13-14(8-9)10(1-4-12)2-5-15-6-3-10/h7-8H,1-6,12H2. The van der Waals surface area contributed by atoms with Crippen LogP contribution in [-0.2, 0) is 5.54 Å². The summed E-state index contributed by atoms with van der Waals surface area (Å²) in [7, 11) is 0. The molecule has 1 aliphatic rings. The quantitative estimate of drug-likeness (QED) is 0.856. The molecule has 0 aromatic carbocycles. The Morgan fingerprint density at radius 1 is 1.53 bits per heavy atom. The lowest BCUT2D eigenvalue weighted by Gasteiger charge is -2.37. The molecule has 84 valence electrons. The summed E-state index contributed by atoms with van der Waals surface area (Å²) in [5.41, 5.74) is 5.61. The highest BCUT2D eigenvalue weighted by atomic mass is 32.2. The van der Waals surface area contributed by atoms with Crippen LogP contribution in [0.15, 0.2) is 12.4 Å². The summed E-state index contributed by atoms with van der Waals surface area (Å²) in [6.45, 7) is 0.631. The van der Waals surface area contributed by atoms with E-state index in [0.29, 0.717) is 6.54 Å². The summed E-state index contributed by atoms with van der Waals surface area (Å²) < 4.78 is 14.8. The minimum Gasteiger partial charge on any atom is -0.330 e. The third kappa shape index (κ3) is 2.18. The summed E-state index contributed by atoms with van der Waals surface area (Å²) in [6, 6.07) is 0. The van der Waals surface area contributed by atoms with Crippen LogP contribution in [0, 0.1) is 5.82 Å². The molecule has 0 bridgehead atoms. The molecule has 15 heavy (non-hydrogen) atoms. The van der Waals surface area contributed by atoms with Gasteiger partial charge in [0.25, 0.3) is 0 Å². The van der Waals surface area contributed by atoms with Crippen LogP contribution in [0.5, 0.6) is 0 Å². The van der Waals surface area contributed by atoms with Crippen molar-refractivity contribution in [3.8, 4) is 0 Å². The van der Waals surface area contributed by atoms with E-state index in [1.165, 1.54) is 12.4 Å². The van der Waals surface area contributed by atoms with Gasteiger partial charge in [0.2, 0.25) is 0 Å². The molecular formula is C10H16FN3S. The highest BCUT2D eigenvalue weighted by molar-refractivity contribution is 7.99. The first-order chi connectivity index (χ1) is 7.27. The van der Waals surface area contributed by atoms with Crippen molar-refractivity contribution < 1.29 is 4.39 Å². The zero-order chi connectivity index (χ0) is 10.7. The second-order valence-electron chi connectivity index (χ2n) is 3.98. The fourth-order valence-electron chi connectivity index (χ4n) is 2.17. The maximum absolute atomic E-state index is 13.0.